The molecular weight excluding hydrogens is 491 g/mol. The summed E-state index contributed by atoms with van der Waals surface area (Å²) in [6, 6.07) is 8.50. The van der Waals surface area contributed by atoms with Gasteiger partial charge in [0.05, 0.1) is 12.6 Å². The lowest BCUT2D eigenvalue weighted by Crippen LogP contribution is -2.43. The molecule has 0 radical (unpaired) electrons. The van der Waals surface area contributed by atoms with E-state index in [0.717, 1.165) is 49.5 Å². The number of halogens is 1. The van der Waals surface area contributed by atoms with E-state index in [1.165, 1.54) is 18.4 Å². The van der Waals surface area contributed by atoms with Crippen molar-refractivity contribution < 1.29 is 4.74 Å². The Kier molecular flexibility index (Phi) is 7.26. The minimum atomic E-state index is 0. The molecular formula is C22H33IN6O. The minimum absolute atomic E-state index is 0. The second-order valence-corrected chi connectivity index (χ2v) is 8.57. The van der Waals surface area contributed by atoms with Crippen LogP contribution in [0.15, 0.2) is 29.3 Å². The lowest BCUT2D eigenvalue weighted by Gasteiger charge is -2.31. The van der Waals surface area contributed by atoms with Gasteiger partial charge in [-0.15, -0.1) is 34.2 Å². The number of likely N-dealkylation sites (tertiary alicyclic amines) is 1. The van der Waals surface area contributed by atoms with Gasteiger partial charge < -0.3 is 19.5 Å². The molecule has 0 amide bonds. The fraction of sp³-hybridized carbons (Fsp3) is 0.591. The second kappa shape index (κ2) is 9.53. The molecule has 3 heterocycles. The Hall–Kier alpha value is -1.84. The third kappa shape index (κ3) is 4.73. The van der Waals surface area contributed by atoms with E-state index in [1.54, 1.807) is 0 Å². The normalized spacial score (nSPS) is 23.5. The van der Waals surface area contributed by atoms with E-state index < -0.39 is 0 Å². The fourth-order valence-electron chi connectivity index (χ4n) is 4.11. The van der Waals surface area contributed by atoms with E-state index in [2.05, 4.69) is 46.4 Å². The lowest BCUT2D eigenvalue weighted by atomic mass is 9.87. The Bertz CT molecular complexity index is 898. The molecule has 30 heavy (non-hydrogen) atoms. The quantitative estimate of drug-likeness (QED) is 0.374. The summed E-state index contributed by atoms with van der Waals surface area (Å²) in [5.74, 6) is 3.72. The van der Waals surface area contributed by atoms with Crippen molar-refractivity contribution >= 4 is 29.9 Å². The highest BCUT2D eigenvalue weighted by atomic mass is 127. The summed E-state index contributed by atoms with van der Waals surface area (Å²) in [4.78, 5) is 7.39. The van der Waals surface area contributed by atoms with Gasteiger partial charge in [-0.25, -0.2) is 4.99 Å². The molecule has 8 heteroatoms. The number of hydrogen-bond donors (Lipinski definition) is 1. The van der Waals surface area contributed by atoms with Crippen LogP contribution >= 0.6 is 24.0 Å². The number of hydrogen-bond acceptors (Lipinski definition) is 4. The maximum atomic E-state index is 5.84. The zero-order valence-corrected chi connectivity index (χ0v) is 20.7. The molecule has 1 N–H and O–H groups in total. The number of para-hydroxylation sites is 1. The molecule has 2 aliphatic heterocycles. The van der Waals surface area contributed by atoms with Crippen LogP contribution in [0.1, 0.15) is 56.4 Å². The second-order valence-electron chi connectivity index (χ2n) is 8.57. The number of rotatable bonds is 4. The highest BCUT2D eigenvalue weighted by molar-refractivity contribution is 14.0. The predicted octanol–water partition coefficient (Wildman–Crippen LogP) is 3.83. The molecule has 7 nitrogen and oxygen atoms in total. The van der Waals surface area contributed by atoms with Gasteiger partial charge in [-0.2, -0.15) is 0 Å². The van der Waals surface area contributed by atoms with Gasteiger partial charge in [0, 0.05) is 32.1 Å². The Balaban J connectivity index is 0.00000256. The monoisotopic (exact) mass is 524 g/mol. The zero-order valence-electron chi connectivity index (χ0n) is 18.4. The molecule has 164 valence electrons. The number of aromatic nitrogens is 3. The minimum Gasteiger partial charge on any atom is -0.493 e. The summed E-state index contributed by atoms with van der Waals surface area (Å²) in [5, 5.41) is 12.2. The molecule has 0 bridgehead atoms. The molecule has 1 fully saturated rings. The van der Waals surface area contributed by atoms with E-state index in [0.29, 0.717) is 12.0 Å². The van der Waals surface area contributed by atoms with E-state index in [-0.39, 0.29) is 30.0 Å². The number of aliphatic imine (C=N–C) groups is 1. The smallest absolute Gasteiger partial charge is 0.194 e. The van der Waals surface area contributed by atoms with Gasteiger partial charge in [0.25, 0.3) is 0 Å². The Morgan fingerprint density at radius 3 is 2.83 bits per heavy atom. The van der Waals surface area contributed by atoms with Crippen LogP contribution in [0.5, 0.6) is 5.75 Å². The largest absolute Gasteiger partial charge is 0.493 e. The Morgan fingerprint density at radius 2 is 2.13 bits per heavy atom. The summed E-state index contributed by atoms with van der Waals surface area (Å²) in [7, 11) is 1.99. The molecule has 1 aromatic heterocycles. The van der Waals surface area contributed by atoms with Crippen LogP contribution in [0.3, 0.4) is 0 Å². The molecule has 0 aliphatic carbocycles. The van der Waals surface area contributed by atoms with Crippen LogP contribution in [0.2, 0.25) is 0 Å². The van der Waals surface area contributed by atoms with E-state index in [1.807, 2.05) is 30.7 Å². The molecule has 2 aliphatic rings. The van der Waals surface area contributed by atoms with Crippen molar-refractivity contribution in [3.8, 4) is 5.75 Å². The maximum Gasteiger partial charge on any atom is 0.194 e. The van der Waals surface area contributed by atoms with Gasteiger partial charge in [-0.05, 0) is 31.2 Å². The first kappa shape index (κ1) is 22.8. The first-order chi connectivity index (χ1) is 14.0. The lowest BCUT2D eigenvalue weighted by molar-refractivity contribution is 0.258. The fourth-order valence-corrected chi connectivity index (χ4v) is 4.11. The van der Waals surface area contributed by atoms with Crippen molar-refractivity contribution in [1.29, 1.82) is 0 Å². The van der Waals surface area contributed by atoms with Crippen LogP contribution in [-0.4, -0.2) is 45.3 Å². The summed E-state index contributed by atoms with van der Waals surface area (Å²) >= 11 is 0. The van der Waals surface area contributed by atoms with E-state index in [4.69, 9.17) is 9.73 Å². The third-order valence-corrected chi connectivity index (χ3v) is 6.53. The van der Waals surface area contributed by atoms with Crippen LogP contribution < -0.4 is 10.1 Å². The Labute approximate surface area is 196 Å². The summed E-state index contributed by atoms with van der Waals surface area (Å²) in [6.45, 7) is 9.91. The van der Waals surface area contributed by atoms with Crippen molar-refractivity contribution in [2.45, 2.75) is 52.6 Å². The maximum absolute atomic E-state index is 5.84. The Morgan fingerprint density at radius 1 is 1.33 bits per heavy atom. The zero-order chi connectivity index (χ0) is 20.4. The topological polar surface area (TPSA) is 67.6 Å². The number of nitrogens with one attached hydrogen (secondary N) is 1. The molecule has 4 rings (SSSR count). The van der Waals surface area contributed by atoms with Crippen molar-refractivity contribution in [2.24, 2.45) is 17.5 Å². The van der Waals surface area contributed by atoms with Gasteiger partial charge >= 0.3 is 0 Å². The van der Waals surface area contributed by atoms with Crippen LogP contribution in [0, 0.1) is 12.3 Å². The molecule has 0 spiro atoms. The van der Waals surface area contributed by atoms with Gasteiger partial charge in [0.2, 0.25) is 0 Å². The molecule has 1 aromatic carbocycles. The first-order valence-corrected chi connectivity index (χ1v) is 10.6. The number of benzene rings is 1. The summed E-state index contributed by atoms with van der Waals surface area (Å²) < 4.78 is 7.85. The van der Waals surface area contributed by atoms with Crippen molar-refractivity contribution in [3.63, 3.8) is 0 Å². The predicted molar refractivity (Wildman–Crippen MR) is 129 cm³/mol. The standard InChI is InChI=1S/C22H32N6O.HI/c1-5-22(3)11-12-28(15-22)21(23-14-20-26-25-16(2)27(20)4)24-18-10-13-29-19-9-7-6-8-17(18)19;/h6-9,18H,5,10-15H2,1-4H3,(H,23,24);1H. The molecule has 2 aromatic rings. The van der Waals surface area contributed by atoms with Crippen molar-refractivity contribution in [2.75, 3.05) is 19.7 Å². The number of fused-ring (bicyclic) bond motifs is 1. The molecule has 2 unspecified atom stereocenters. The van der Waals surface area contributed by atoms with Crippen molar-refractivity contribution in [1.82, 2.24) is 25.0 Å². The van der Waals surface area contributed by atoms with Crippen LogP contribution in [-0.2, 0) is 13.6 Å². The highest BCUT2D eigenvalue weighted by Crippen LogP contribution is 2.35. The number of aryl methyl sites for hydroxylation is 1. The highest BCUT2D eigenvalue weighted by Gasteiger charge is 2.35. The average Bonchev–Trinajstić information content (AvgIpc) is 3.29. The van der Waals surface area contributed by atoms with Gasteiger partial charge in [-0.3, -0.25) is 0 Å². The van der Waals surface area contributed by atoms with E-state index in [9.17, 15) is 0 Å². The van der Waals surface area contributed by atoms with Crippen LogP contribution in [0.4, 0.5) is 0 Å². The van der Waals surface area contributed by atoms with Gasteiger partial charge in [-0.1, -0.05) is 32.0 Å². The van der Waals surface area contributed by atoms with Gasteiger partial charge in [0.1, 0.15) is 18.1 Å². The third-order valence-electron chi connectivity index (χ3n) is 6.53. The SMILES string of the molecule is CCC1(C)CCN(C(=NCc2nnc(C)n2C)NC2CCOc3ccccc32)C1.I. The first-order valence-electron chi connectivity index (χ1n) is 10.6. The average molecular weight is 524 g/mol. The number of ether oxygens (including phenoxy) is 1. The molecule has 0 saturated carbocycles. The van der Waals surface area contributed by atoms with Gasteiger partial charge in [0.15, 0.2) is 11.8 Å². The van der Waals surface area contributed by atoms with Crippen molar-refractivity contribution in [3.05, 3.63) is 41.5 Å². The summed E-state index contributed by atoms with van der Waals surface area (Å²) in [5.41, 5.74) is 1.55. The number of nitrogens with zero attached hydrogens (tertiary/aromatic N) is 5. The van der Waals surface area contributed by atoms with Crippen LogP contribution in [0.25, 0.3) is 0 Å². The number of guanidine groups is 1. The summed E-state index contributed by atoms with van der Waals surface area (Å²) in [6.07, 6.45) is 3.30. The molecule has 2 atom stereocenters. The van der Waals surface area contributed by atoms with E-state index >= 15 is 0 Å². The molecule has 1 saturated heterocycles.